The third-order valence-electron chi connectivity index (χ3n) is 4.95. The van der Waals surface area contributed by atoms with Crippen LogP contribution in [0.25, 0.3) is 0 Å². The molecule has 1 aromatic rings. The van der Waals surface area contributed by atoms with Crippen LogP contribution in [0.4, 0.5) is 0 Å². The second-order valence-corrected chi connectivity index (χ2v) is 6.36. The van der Waals surface area contributed by atoms with Crippen molar-refractivity contribution in [3.63, 3.8) is 0 Å². The Morgan fingerprint density at radius 2 is 2.14 bits per heavy atom. The van der Waals surface area contributed by atoms with Gasteiger partial charge in [-0.05, 0) is 24.7 Å². The van der Waals surface area contributed by atoms with E-state index < -0.39 is 0 Å². The van der Waals surface area contributed by atoms with E-state index in [1.807, 2.05) is 11.7 Å². The topological polar surface area (TPSA) is 58.3 Å². The van der Waals surface area contributed by atoms with E-state index in [-0.39, 0.29) is 0 Å². The summed E-state index contributed by atoms with van der Waals surface area (Å²) >= 11 is 0. The van der Waals surface area contributed by atoms with Gasteiger partial charge >= 0.3 is 0 Å². The Morgan fingerprint density at radius 3 is 2.86 bits per heavy atom. The van der Waals surface area contributed by atoms with Crippen LogP contribution in [0.3, 0.4) is 0 Å². The van der Waals surface area contributed by atoms with Gasteiger partial charge in [0.1, 0.15) is 12.7 Å². The quantitative estimate of drug-likeness (QED) is 0.677. The number of hydrogen-bond acceptors (Lipinski definition) is 3. The molecule has 0 unspecified atom stereocenters. The lowest BCUT2D eigenvalue weighted by Gasteiger charge is -2.33. The van der Waals surface area contributed by atoms with E-state index in [1.165, 1.54) is 45.1 Å². The van der Waals surface area contributed by atoms with E-state index >= 15 is 0 Å². The number of aromatic nitrogens is 3. The fourth-order valence-electron chi connectivity index (χ4n) is 3.79. The summed E-state index contributed by atoms with van der Waals surface area (Å²) in [7, 11) is 1.88. The van der Waals surface area contributed by atoms with Crippen molar-refractivity contribution >= 4 is 5.96 Å². The highest BCUT2D eigenvalue weighted by atomic mass is 15.3. The molecule has 3 rings (SSSR count). The number of nitrogens with one attached hydrogen (secondary N) is 1. The van der Waals surface area contributed by atoms with E-state index in [0.29, 0.717) is 5.41 Å². The smallest absolute Gasteiger partial charge is 0.193 e. The fourth-order valence-corrected chi connectivity index (χ4v) is 3.79. The van der Waals surface area contributed by atoms with Crippen LogP contribution in [0.1, 0.15) is 38.5 Å². The van der Waals surface area contributed by atoms with Crippen molar-refractivity contribution in [3.8, 4) is 0 Å². The SMILES string of the molecule is CN=C(NCCn1cncn1)N1CCC2(CCCCC2)C1. The Kier molecular flexibility index (Phi) is 4.41. The number of nitrogens with zero attached hydrogens (tertiary/aromatic N) is 5. The van der Waals surface area contributed by atoms with Crippen molar-refractivity contribution in [3.05, 3.63) is 12.7 Å². The van der Waals surface area contributed by atoms with Crippen LogP contribution in [0.2, 0.25) is 0 Å². The summed E-state index contributed by atoms with van der Waals surface area (Å²) in [6, 6.07) is 0. The summed E-state index contributed by atoms with van der Waals surface area (Å²) in [5.74, 6) is 1.04. The molecule has 1 N–H and O–H groups in total. The normalized spacial score (nSPS) is 22.0. The summed E-state index contributed by atoms with van der Waals surface area (Å²) in [5, 5.41) is 7.58. The molecule has 2 aliphatic rings. The average Bonchev–Trinajstić information content (AvgIpc) is 3.15. The van der Waals surface area contributed by atoms with Gasteiger partial charge in [-0.2, -0.15) is 5.10 Å². The lowest BCUT2D eigenvalue weighted by Crippen LogP contribution is -2.42. The van der Waals surface area contributed by atoms with Crippen molar-refractivity contribution in [2.24, 2.45) is 10.4 Å². The first kappa shape index (κ1) is 14.4. The zero-order valence-electron chi connectivity index (χ0n) is 13.0. The highest BCUT2D eigenvalue weighted by molar-refractivity contribution is 5.80. The second-order valence-electron chi connectivity index (χ2n) is 6.36. The van der Waals surface area contributed by atoms with Crippen LogP contribution >= 0.6 is 0 Å². The van der Waals surface area contributed by atoms with Crippen LogP contribution in [-0.4, -0.2) is 52.3 Å². The largest absolute Gasteiger partial charge is 0.354 e. The summed E-state index contributed by atoms with van der Waals surface area (Å²) in [6.45, 7) is 3.97. The monoisotopic (exact) mass is 290 g/mol. The Morgan fingerprint density at radius 1 is 1.29 bits per heavy atom. The van der Waals surface area contributed by atoms with Gasteiger partial charge in [0.15, 0.2) is 5.96 Å². The molecular formula is C15H26N6. The van der Waals surface area contributed by atoms with E-state index in [0.717, 1.165) is 25.6 Å². The predicted molar refractivity (Wildman–Crippen MR) is 83.1 cm³/mol. The molecule has 1 saturated heterocycles. The van der Waals surface area contributed by atoms with Gasteiger partial charge in [-0.3, -0.25) is 9.67 Å². The Labute approximate surface area is 126 Å². The molecule has 0 aromatic carbocycles. The maximum Gasteiger partial charge on any atom is 0.193 e. The van der Waals surface area contributed by atoms with Gasteiger partial charge in [0.05, 0.1) is 6.54 Å². The van der Waals surface area contributed by atoms with Crippen LogP contribution in [0.15, 0.2) is 17.6 Å². The zero-order valence-corrected chi connectivity index (χ0v) is 13.0. The van der Waals surface area contributed by atoms with Gasteiger partial charge < -0.3 is 10.2 Å². The van der Waals surface area contributed by atoms with E-state index in [9.17, 15) is 0 Å². The minimum absolute atomic E-state index is 0.571. The van der Waals surface area contributed by atoms with Gasteiger partial charge in [-0.25, -0.2) is 4.98 Å². The molecule has 21 heavy (non-hydrogen) atoms. The standard InChI is InChI=1S/C15H26N6/c1-16-14(18-8-10-21-13-17-12-19-21)20-9-7-15(11-20)5-3-2-4-6-15/h12-13H,2-11H2,1H3,(H,16,18). The highest BCUT2D eigenvalue weighted by Crippen LogP contribution is 2.43. The van der Waals surface area contributed by atoms with Crippen molar-refractivity contribution in [2.45, 2.75) is 45.1 Å². The molecule has 0 bridgehead atoms. The van der Waals surface area contributed by atoms with Gasteiger partial charge in [-0.1, -0.05) is 19.3 Å². The third-order valence-corrected chi connectivity index (χ3v) is 4.95. The molecule has 1 aliphatic heterocycles. The molecule has 2 fully saturated rings. The second kappa shape index (κ2) is 6.45. The van der Waals surface area contributed by atoms with Crippen molar-refractivity contribution in [1.82, 2.24) is 25.0 Å². The summed E-state index contributed by atoms with van der Waals surface area (Å²) in [5.41, 5.74) is 0.571. The van der Waals surface area contributed by atoms with Gasteiger partial charge in [0, 0.05) is 26.7 Å². The Bertz CT molecular complexity index is 461. The highest BCUT2D eigenvalue weighted by Gasteiger charge is 2.39. The molecule has 2 heterocycles. The van der Waals surface area contributed by atoms with Crippen LogP contribution < -0.4 is 5.32 Å². The summed E-state index contributed by atoms with van der Waals surface area (Å²) in [4.78, 5) is 10.8. The molecule has 6 heteroatoms. The summed E-state index contributed by atoms with van der Waals surface area (Å²) < 4.78 is 1.84. The lowest BCUT2D eigenvalue weighted by atomic mass is 9.73. The Hall–Kier alpha value is -1.59. The van der Waals surface area contributed by atoms with Gasteiger partial charge in [-0.15, -0.1) is 0 Å². The molecule has 116 valence electrons. The van der Waals surface area contributed by atoms with Gasteiger partial charge in [0.2, 0.25) is 0 Å². The number of guanidine groups is 1. The van der Waals surface area contributed by atoms with E-state index in [2.05, 4.69) is 25.3 Å². The summed E-state index contributed by atoms with van der Waals surface area (Å²) in [6.07, 6.45) is 11.7. The van der Waals surface area contributed by atoms with Gasteiger partial charge in [0.25, 0.3) is 0 Å². The molecule has 0 radical (unpaired) electrons. The minimum atomic E-state index is 0.571. The number of hydrogen-bond donors (Lipinski definition) is 1. The number of likely N-dealkylation sites (tertiary alicyclic amines) is 1. The first-order valence-corrected chi connectivity index (χ1v) is 8.09. The molecule has 0 atom stereocenters. The van der Waals surface area contributed by atoms with Crippen LogP contribution in [0, 0.1) is 5.41 Å². The van der Waals surface area contributed by atoms with Crippen molar-refractivity contribution in [1.29, 1.82) is 0 Å². The predicted octanol–water partition coefficient (Wildman–Crippen LogP) is 1.51. The molecule has 1 aliphatic carbocycles. The van der Waals surface area contributed by atoms with Crippen LogP contribution in [-0.2, 0) is 6.54 Å². The molecule has 1 spiro atoms. The first-order valence-electron chi connectivity index (χ1n) is 8.09. The van der Waals surface area contributed by atoms with Crippen molar-refractivity contribution in [2.75, 3.05) is 26.7 Å². The zero-order chi connectivity index (χ0) is 14.5. The average molecular weight is 290 g/mol. The molecular weight excluding hydrogens is 264 g/mol. The lowest BCUT2D eigenvalue weighted by molar-refractivity contribution is 0.203. The molecule has 6 nitrogen and oxygen atoms in total. The number of aliphatic imine (C=N–C) groups is 1. The third kappa shape index (κ3) is 3.36. The maximum absolute atomic E-state index is 4.45. The molecule has 1 aromatic heterocycles. The number of rotatable bonds is 3. The fraction of sp³-hybridized carbons (Fsp3) is 0.800. The van der Waals surface area contributed by atoms with E-state index in [1.54, 1.807) is 12.7 Å². The minimum Gasteiger partial charge on any atom is -0.354 e. The Balaban J connectivity index is 1.50. The van der Waals surface area contributed by atoms with E-state index in [4.69, 9.17) is 0 Å². The van der Waals surface area contributed by atoms with Crippen LogP contribution in [0.5, 0.6) is 0 Å². The first-order chi connectivity index (χ1) is 10.3. The maximum atomic E-state index is 4.45. The molecule has 0 amide bonds. The van der Waals surface area contributed by atoms with Crippen molar-refractivity contribution < 1.29 is 0 Å². The molecule has 1 saturated carbocycles.